The number of ether oxygens (including phenoxy) is 1. The number of guanidine groups is 1. The van der Waals surface area contributed by atoms with Crippen LogP contribution in [-0.4, -0.2) is 55.2 Å². The number of nitrogens with zero attached hydrogens (tertiary/aromatic N) is 3. The lowest BCUT2D eigenvalue weighted by molar-refractivity contribution is 0.0341. The van der Waals surface area contributed by atoms with E-state index in [0.717, 1.165) is 69.0 Å². The number of thiazole rings is 1. The maximum absolute atomic E-state index is 5.46. The molecule has 8 heteroatoms. The van der Waals surface area contributed by atoms with E-state index in [-0.39, 0.29) is 24.0 Å². The second kappa shape index (κ2) is 13.1. The Morgan fingerprint density at radius 3 is 2.66 bits per heavy atom. The summed E-state index contributed by atoms with van der Waals surface area (Å²) in [4.78, 5) is 11.8. The fourth-order valence-electron chi connectivity index (χ4n) is 3.20. The fourth-order valence-corrected chi connectivity index (χ4v) is 3.85. The average Bonchev–Trinajstić information content (AvgIpc) is 3.13. The van der Waals surface area contributed by atoms with Crippen molar-refractivity contribution in [1.82, 2.24) is 20.5 Å². The molecule has 0 radical (unpaired) electrons. The van der Waals surface area contributed by atoms with E-state index in [9.17, 15) is 0 Å². The van der Waals surface area contributed by atoms with Gasteiger partial charge in [-0.2, -0.15) is 0 Å². The zero-order valence-electron chi connectivity index (χ0n) is 17.3. The number of hydrogen-bond donors (Lipinski definition) is 2. The van der Waals surface area contributed by atoms with Crippen LogP contribution < -0.4 is 10.6 Å². The van der Waals surface area contributed by atoms with E-state index >= 15 is 0 Å². The molecule has 3 rings (SSSR count). The molecule has 1 saturated heterocycles. The molecule has 1 aromatic heterocycles. The molecule has 2 N–H and O–H groups in total. The zero-order valence-corrected chi connectivity index (χ0v) is 20.5. The monoisotopic (exact) mass is 529 g/mol. The summed E-state index contributed by atoms with van der Waals surface area (Å²) < 4.78 is 5.46. The molecule has 0 saturated carbocycles. The number of halogens is 1. The van der Waals surface area contributed by atoms with Crippen LogP contribution in [0.3, 0.4) is 0 Å². The molecular formula is C21H32IN5OS. The Bertz CT molecular complexity index is 761. The van der Waals surface area contributed by atoms with Gasteiger partial charge in [-0.15, -0.1) is 35.3 Å². The Kier molecular flexibility index (Phi) is 10.9. The molecule has 0 amide bonds. The van der Waals surface area contributed by atoms with Gasteiger partial charge in [0.15, 0.2) is 5.96 Å². The van der Waals surface area contributed by atoms with Gasteiger partial charge >= 0.3 is 0 Å². The Morgan fingerprint density at radius 1 is 1.21 bits per heavy atom. The molecule has 0 spiro atoms. The number of rotatable bonds is 8. The van der Waals surface area contributed by atoms with Crippen molar-refractivity contribution >= 4 is 41.3 Å². The zero-order chi connectivity index (χ0) is 19.6. The lowest BCUT2D eigenvalue weighted by Crippen LogP contribution is -2.38. The molecule has 2 aromatic rings. The molecule has 1 aromatic carbocycles. The minimum absolute atomic E-state index is 0. The van der Waals surface area contributed by atoms with Crippen LogP contribution in [0.25, 0.3) is 0 Å². The van der Waals surface area contributed by atoms with Gasteiger partial charge in [0.2, 0.25) is 0 Å². The Morgan fingerprint density at radius 2 is 1.97 bits per heavy atom. The van der Waals surface area contributed by atoms with Crippen LogP contribution in [0, 0.1) is 6.92 Å². The first-order chi connectivity index (χ1) is 13.7. The first-order valence-electron chi connectivity index (χ1n) is 10.0. The average molecular weight is 529 g/mol. The van der Waals surface area contributed by atoms with Crippen LogP contribution in [0.4, 0.5) is 0 Å². The lowest BCUT2D eigenvalue weighted by atomic mass is 10.1. The summed E-state index contributed by atoms with van der Waals surface area (Å²) in [7, 11) is 0. The second-order valence-corrected chi connectivity index (χ2v) is 7.95. The summed E-state index contributed by atoms with van der Waals surface area (Å²) in [5, 5.41) is 10.0. The van der Waals surface area contributed by atoms with Gasteiger partial charge < -0.3 is 15.4 Å². The van der Waals surface area contributed by atoms with Crippen LogP contribution in [0.2, 0.25) is 0 Å². The molecule has 0 aliphatic carbocycles. The van der Waals surface area contributed by atoms with Crippen molar-refractivity contribution in [1.29, 1.82) is 0 Å². The third kappa shape index (κ3) is 8.19. The SMILES string of the molecule is CCNC(=NCc1ccccc1CN1CCOCC1)NCCc1csc(C)n1.I. The van der Waals surface area contributed by atoms with Crippen molar-refractivity contribution < 1.29 is 4.74 Å². The van der Waals surface area contributed by atoms with Crippen LogP contribution in [0.5, 0.6) is 0 Å². The minimum Gasteiger partial charge on any atom is -0.379 e. The topological polar surface area (TPSA) is 61.8 Å². The van der Waals surface area contributed by atoms with Crippen molar-refractivity contribution in [2.75, 3.05) is 39.4 Å². The third-order valence-corrected chi connectivity index (χ3v) is 5.53. The first-order valence-corrected chi connectivity index (χ1v) is 10.9. The molecule has 0 atom stereocenters. The minimum atomic E-state index is 0. The van der Waals surface area contributed by atoms with Gasteiger partial charge in [-0.25, -0.2) is 9.98 Å². The maximum Gasteiger partial charge on any atom is 0.191 e. The molecule has 1 aliphatic rings. The van der Waals surface area contributed by atoms with Gasteiger partial charge in [-0.1, -0.05) is 24.3 Å². The molecular weight excluding hydrogens is 497 g/mol. The van der Waals surface area contributed by atoms with Gasteiger partial charge in [-0.3, -0.25) is 4.90 Å². The highest BCUT2D eigenvalue weighted by molar-refractivity contribution is 14.0. The number of morpholine rings is 1. The van der Waals surface area contributed by atoms with Gasteiger partial charge in [0.25, 0.3) is 0 Å². The van der Waals surface area contributed by atoms with Crippen LogP contribution in [-0.2, 0) is 24.2 Å². The summed E-state index contributed by atoms with van der Waals surface area (Å²) >= 11 is 1.70. The fraction of sp³-hybridized carbons (Fsp3) is 0.524. The number of aryl methyl sites for hydroxylation is 1. The van der Waals surface area contributed by atoms with E-state index in [4.69, 9.17) is 9.73 Å². The van der Waals surface area contributed by atoms with E-state index in [1.807, 2.05) is 6.92 Å². The van der Waals surface area contributed by atoms with E-state index in [2.05, 4.69) is 57.1 Å². The summed E-state index contributed by atoms with van der Waals surface area (Å²) in [6.07, 6.45) is 0.905. The number of hydrogen-bond acceptors (Lipinski definition) is 5. The quantitative estimate of drug-likeness (QED) is 0.313. The molecule has 1 fully saturated rings. The Hall–Kier alpha value is -1.23. The highest BCUT2D eigenvalue weighted by Gasteiger charge is 2.12. The predicted octanol–water partition coefficient (Wildman–Crippen LogP) is 3.20. The normalized spacial score (nSPS) is 15.0. The van der Waals surface area contributed by atoms with Crippen molar-refractivity contribution in [2.45, 2.75) is 33.4 Å². The van der Waals surface area contributed by atoms with E-state index < -0.39 is 0 Å². The van der Waals surface area contributed by atoms with E-state index in [1.165, 1.54) is 11.1 Å². The Labute approximate surface area is 195 Å². The van der Waals surface area contributed by atoms with Gasteiger partial charge in [-0.05, 0) is 25.0 Å². The maximum atomic E-state index is 5.46. The molecule has 2 heterocycles. The largest absolute Gasteiger partial charge is 0.379 e. The molecule has 160 valence electrons. The van der Waals surface area contributed by atoms with Crippen molar-refractivity contribution in [3.63, 3.8) is 0 Å². The van der Waals surface area contributed by atoms with Crippen molar-refractivity contribution in [3.05, 3.63) is 51.5 Å². The van der Waals surface area contributed by atoms with Gasteiger partial charge in [0.05, 0.1) is 30.5 Å². The summed E-state index contributed by atoms with van der Waals surface area (Å²) in [5.41, 5.74) is 3.77. The van der Waals surface area contributed by atoms with Gasteiger partial charge in [0, 0.05) is 44.5 Å². The van der Waals surface area contributed by atoms with E-state index in [0.29, 0.717) is 6.54 Å². The second-order valence-electron chi connectivity index (χ2n) is 6.89. The van der Waals surface area contributed by atoms with Gasteiger partial charge in [0.1, 0.15) is 0 Å². The molecule has 29 heavy (non-hydrogen) atoms. The molecule has 0 unspecified atom stereocenters. The summed E-state index contributed by atoms with van der Waals surface area (Å²) in [6, 6.07) is 8.60. The molecule has 0 bridgehead atoms. The van der Waals surface area contributed by atoms with Crippen molar-refractivity contribution in [3.8, 4) is 0 Å². The molecule has 1 aliphatic heterocycles. The smallest absolute Gasteiger partial charge is 0.191 e. The van der Waals surface area contributed by atoms with Crippen LogP contribution >= 0.6 is 35.3 Å². The third-order valence-electron chi connectivity index (χ3n) is 4.71. The summed E-state index contributed by atoms with van der Waals surface area (Å²) in [6.45, 7) is 11.1. The van der Waals surface area contributed by atoms with Crippen LogP contribution in [0.15, 0.2) is 34.6 Å². The number of nitrogens with one attached hydrogen (secondary N) is 2. The molecule has 6 nitrogen and oxygen atoms in total. The first kappa shape index (κ1) is 24.0. The number of aromatic nitrogens is 1. The lowest BCUT2D eigenvalue weighted by Gasteiger charge is -2.27. The predicted molar refractivity (Wildman–Crippen MR) is 131 cm³/mol. The van der Waals surface area contributed by atoms with E-state index in [1.54, 1.807) is 11.3 Å². The highest BCUT2D eigenvalue weighted by Crippen LogP contribution is 2.14. The summed E-state index contributed by atoms with van der Waals surface area (Å²) in [5.74, 6) is 0.857. The van der Waals surface area contributed by atoms with Crippen LogP contribution in [0.1, 0.15) is 28.8 Å². The number of aliphatic imine (C=N–C) groups is 1. The highest BCUT2D eigenvalue weighted by atomic mass is 127. The standard InChI is InChI=1S/C21H31N5OS.HI/c1-3-22-21(23-9-8-20-16-28-17(2)25-20)24-14-18-6-4-5-7-19(18)15-26-10-12-27-13-11-26;/h4-7,16H,3,8-15H2,1-2H3,(H2,22,23,24);1H. The Balaban J connectivity index is 0.00000300. The van der Waals surface area contributed by atoms with Crippen molar-refractivity contribution in [2.24, 2.45) is 4.99 Å². The number of benzene rings is 1.